The lowest BCUT2D eigenvalue weighted by molar-refractivity contribution is 0.394. The summed E-state index contributed by atoms with van der Waals surface area (Å²) in [5.41, 5.74) is 0.893. The number of hydrogen-bond acceptors (Lipinski definition) is 1. The normalized spacial score (nSPS) is 11.5. The van der Waals surface area contributed by atoms with Gasteiger partial charge in [-0.25, -0.2) is 0 Å². The quantitative estimate of drug-likeness (QED) is 0.429. The van der Waals surface area contributed by atoms with Gasteiger partial charge in [0.25, 0.3) is 0 Å². The Balaban J connectivity index is 3.75. The summed E-state index contributed by atoms with van der Waals surface area (Å²) in [5.74, 6) is 0.400. The van der Waals surface area contributed by atoms with E-state index in [2.05, 4.69) is 6.58 Å². The predicted molar refractivity (Wildman–Crippen MR) is 35.8 cm³/mol. The maximum absolute atomic E-state index is 8.83. The van der Waals surface area contributed by atoms with E-state index in [1.807, 2.05) is 13.8 Å². The summed E-state index contributed by atoms with van der Waals surface area (Å²) in [6.45, 7) is 7.36. The molecular weight excluding hydrogens is 100 g/mol. The smallest absolute Gasteiger partial charge is 0.0922 e. The Morgan fingerprint density at radius 2 is 2.25 bits per heavy atom. The van der Waals surface area contributed by atoms with Crippen molar-refractivity contribution < 1.29 is 5.11 Å². The molecule has 1 nitrogen and oxygen atoms in total. The van der Waals surface area contributed by atoms with Crippen LogP contribution in [0.3, 0.4) is 0 Å². The summed E-state index contributed by atoms with van der Waals surface area (Å²) in [6, 6.07) is 0. The first kappa shape index (κ1) is 7.28. The highest BCUT2D eigenvalue weighted by Crippen LogP contribution is 1.98. The van der Waals surface area contributed by atoms with E-state index in [0.717, 1.165) is 5.57 Å². The van der Waals surface area contributed by atoms with Crippen molar-refractivity contribution in [3.63, 3.8) is 0 Å². The fourth-order valence-electron chi connectivity index (χ4n) is 0.386. The van der Waals surface area contributed by atoms with Crippen LogP contribution >= 0.6 is 0 Å². The van der Waals surface area contributed by atoms with Gasteiger partial charge in [0.1, 0.15) is 0 Å². The van der Waals surface area contributed by atoms with Gasteiger partial charge in [-0.05, 0) is 13.0 Å². The van der Waals surface area contributed by atoms with E-state index in [9.17, 15) is 0 Å². The molecule has 8 heavy (non-hydrogen) atoms. The van der Waals surface area contributed by atoms with Crippen LogP contribution in [-0.4, -0.2) is 5.11 Å². The standard InChI is InChI=1S/C7H12O/c1-4-7(8)5-6(2)3/h5,8H,2,4H2,1,3H3. The lowest BCUT2D eigenvalue weighted by atomic mass is 10.2. The third kappa shape index (κ3) is 3.47. The van der Waals surface area contributed by atoms with E-state index >= 15 is 0 Å². The van der Waals surface area contributed by atoms with E-state index in [0.29, 0.717) is 12.2 Å². The number of hydrogen-bond donors (Lipinski definition) is 1. The van der Waals surface area contributed by atoms with Gasteiger partial charge in [-0.1, -0.05) is 19.1 Å². The zero-order chi connectivity index (χ0) is 6.57. The van der Waals surface area contributed by atoms with Gasteiger partial charge in [0.2, 0.25) is 0 Å². The summed E-state index contributed by atoms with van der Waals surface area (Å²) < 4.78 is 0. The molecule has 46 valence electrons. The Morgan fingerprint density at radius 1 is 1.75 bits per heavy atom. The molecule has 0 aliphatic carbocycles. The van der Waals surface area contributed by atoms with Crippen LogP contribution in [0.5, 0.6) is 0 Å². The summed E-state index contributed by atoms with van der Waals surface area (Å²) in [7, 11) is 0. The topological polar surface area (TPSA) is 20.2 Å². The third-order valence-electron chi connectivity index (χ3n) is 0.775. The minimum Gasteiger partial charge on any atom is -0.512 e. The summed E-state index contributed by atoms with van der Waals surface area (Å²) in [6.07, 6.45) is 2.35. The number of rotatable bonds is 2. The van der Waals surface area contributed by atoms with E-state index in [1.165, 1.54) is 0 Å². The van der Waals surface area contributed by atoms with Crippen molar-refractivity contribution in [1.29, 1.82) is 0 Å². The Hall–Kier alpha value is -0.720. The Morgan fingerprint density at radius 3 is 2.38 bits per heavy atom. The Labute approximate surface area is 50.3 Å². The first-order chi connectivity index (χ1) is 3.66. The average Bonchev–Trinajstić information content (AvgIpc) is 1.65. The minimum atomic E-state index is 0.400. The molecule has 0 spiro atoms. The van der Waals surface area contributed by atoms with Crippen LogP contribution in [0.15, 0.2) is 24.0 Å². The van der Waals surface area contributed by atoms with Crippen LogP contribution in [0.2, 0.25) is 0 Å². The number of allylic oxidation sites excluding steroid dienone is 3. The van der Waals surface area contributed by atoms with Gasteiger partial charge in [0, 0.05) is 6.42 Å². The second-order valence-corrected chi connectivity index (χ2v) is 1.84. The maximum Gasteiger partial charge on any atom is 0.0922 e. The molecule has 0 fully saturated rings. The molecule has 0 aromatic carbocycles. The van der Waals surface area contributed by atoms with Crippen LogP contribution in [0.4, 0.5) is 0 Å². The van der Waals surface area contributed by atoms with Crippen molar-refractivity contribution in [3.05, 3.63) is 24.0 Å². The molecule has 0 aromatic heterocycles. The highest BCUT2D eigenvalue weighted by Gasteiger charge is 1.83. The molecule has 0 unspecified atom stereocenters. The lowest BCUT2D eigenvalue weighted by Gasteiger charge is -1.90. The van der Waals surface area contributed by atoms with Gasteiger partial charge in [-0.2, -0.15) is 0 Å². The minimum absolute atomic E-state index is 0.400. The van der Waals surface area contributed by atoms with Crippen LogP contribution in [0, 0.1) is 0 Å². The molecule has 0 saturated carbocycles. The lowest BCUT2D eigenvalue weighted by Crippen LogP contribution is -1.75. The van der Waals surface area contributed by atoms with Gasteiger partial charge in [-0.3, -0.25) is 0 Å². The van der Waals surface area contributed by atoms with Gasteiger partial charge in [0.05, 0.1) is 5.76 Å². The molecule has 0 rings (SSSR count). The van der Waals surface area contributed by atoms with E-state index in [-0.39, 0.29) is 0 Å². The van der Waals surface area contributed by atoms with E-state index in [4.69, 9.17) is 5.11 Å². The molecule has 1 heteroatoms. The monoisotopic (exact) mass is 112 g/mol. The molecule has 0 saturated heterocycles. The summed E-state index contributed by atoms with van der Waals surface area (Å²) >= 11 is 0. The fourth-order valence-corrected chi connectivity index (χ4v) is 0.386. The Kier molecular flexibility index (Phi) is 3.01. The molecule has 1 N–H and O–H groups in total. The van der Waals surface area contributed by atoms with E-state index < -0.39 is 0 Å². The van der Waals surface area contributed by atoms with Crippen molar-refractivity contribution in [2.45, 2.75) is 20.3 Å². The largest absolute Gasteiger partial charge is 0.512 e. The van der Waals surface area contributed by atoms with Crippen LogP contribution in [0.1, 0.15) is 20.3 Å². The van der Waals surface area contributed by atoms with Crippen molar-refractivity contribution in [2.24, 2.45) is 0 Å². The molecule has 0 atom stereocenters. The van der Waals surface area contributed by atoms with Crippen LogP contribution in [-0.2, 0) is 0 Å². The summed E-state index contributed by atoms with van der Waals surface area (Å²) in [4.78, 5) is 0. The molecule has 0 aromatic rings. The molecule has 0 radical (unpaired) electrons. The first-order valence-electron chi connectivity index (χ1n) is 2.72. The van der Waals surface area contributed by atoms with Crippen molar-refractivity contribution in [1.82, 2.24) is 0 Å². The molecule has 0 heterocycles. The zero-order valence-electron chi connectivity index (χ0n) is 5.44. The summed E-state index contributed by atoms with van der Waals surface area (Å²) in [5, 5.41) is 8.83. The van der Waals surface area contributed by atoms with Crippen molar-refractivity contribution >= 4 is 0 Å². The predicted octanol–water partition coefficient (Wildman–Crippen LogP) is 2.41. The molecule has 0 amide bonds. The van der Waals surface area contributed by atoms with Gasteiger partial charge in [-0.15, -0.1) is 0 Å². The number of aliphatic hydroxyl groups excluding tert-OH is 1. The molecule has 0 aliphatic rings. The van der Waals surface area contributed by atoms with Gasteiger partial charge < -0.3 is 5.11 Å². The number of aliphatic hydroxyl groups is 1. The first-order valence-corrected chi connectivity index (χ1v) is 2.72. The Bertz CT molecular complexity index is 112. The van der Waals surface area contributed by atoms with Crippen LogP contribution in [0.25, 0.3) is 0 Å². The molecule has 0 aliphatic heterocycles. The second-order valence-electron chi connectivity index (χ2n) is 1.84. The van der Waals surface area contributed by atoms with E-state index in [1.54, 1.807) is 6.08 Å². The highest BCUT2D eigenvalue weighted by molar-refractivity contribution is 5.13. The fraction of sp³-hybridized carbons (Fsp3) is 0.429. The van der Waals surface area contributed by atoms with Gasteiger partial charge in [0.15, 0.2) is 0 Å². The van der Waals surface area contributed by atoms with Crippen LogP contribution < -0.4 is 0 Å². The average molecular weight is 112 g/mol. The third-order valence-corrected chi connectivity index (χ3v) is 0.775. The van der Waals surface area contributed by atoms with Gasteiger partial charge >= 0.3 is 0 Å². The maximum atomic E-state index is 8.83. The van der Waals surface area contributed by atoms with Crippen molar-refractivity contribution in [2.75, 3.05) is 0 Å². The molecular formula is C7H12O. The highest BCUT2D eigenvalue weighted by atomic mass is 16.3. The SMILES string of the molecule is C=C(C)C=C(O)CC. The second kappa shape index (κ2) is 3.30. The molecule has 0 bridgehead atoms. The zero-order valence-corrected chi connectivity index (χ0v) is 5.44. The van der Waals surface area contributed by atoms with Crippen molar-refractivity contribution in [3.8, 4) is 0 Å².